The van der Waals surface area contributed by atoms with Crippen molar-refractivity contribution in [3.63, 3.8) is 0 Å². The molecule has 0 saturated carbocycles. The van der Waals surface area contributed by atoms with Gasteiger partial charge in [0.25, 0.3) is 0 Å². The summed E-state index contributed by atoms with van der Waals surface area (Å²) in [7, 11) is 0. The first-order valence-electron chi connectivity index (χ1n) is 5.40. The number of aryl methyl sites for hydroxylation is 1. The molecule has 1 heterocycles. The van der Waals surface area contributed by atoms with Gasteiger partial charge in [0.1, 0.15) is 5.60 Å². The summed E-state index contributed by atoms with van der Waals surface area (Å²) in [6.45, 7) is 8.72. The number of hydrogen-bond donors (Lipinski definition) is 1. The smallest absolute Gasteiger partial charge is 0.407 e. The van der Waals surface area contributed by atoms with E-state index in [2.05, 4.69) is 10.4 Å². The number of nitrogens with zero attached hydrogens (tertiary/aromatic N) is 2. The summed E-state index contributed by atoms with van der Waals surface area (Å²) in [6, 6.07) is 1.88. The van der Waals surface area contributed by atoms with Gasteiger partial charge in [-0.25, -0.2) is 4.79 Å². The molecule has 0 aliphatic heterocycles. The van der Waals surface area contributed by atoms with E-state index in [0.717, 1.165) is 12.2 Å². The zero-order valence-corrected chi connectivity index (χ0v) is 10.3. The molecular weight excluding hydrogens is 206 g/mol. The minimum atomic E-state index is -0.465. The quantitative estimate of drug-likeness (QED) is 0.855. The van der Waals surface area contributed by atoms with Crippen LogP contribution in [0.25, 0.3) is 0 Å². The summed E-state index contributed by atoms with van der Waals surface area (Å²) >= 11 is 0. The predicted octanol–water partition coefficient (Wildman–Crippen LogP) is 1.93. The van der Waals surface area contributed by atoms with Gasteiger partial charge in [-0.15, -0.1) is 0 Å². The molecule has 0 unspecified atom stereocenters. The number of carbonyl (C=O) groups is 1. The highest BCUT2D eigenvalue weighted by molar-refractivity contribution is 5.67. The molecule has 1 N–H and O–H groups in total. The van der Waals surface area contributed by atoms with Crippen molar-refractivity contribution < 1.29 is 9.53 Å². The molecule has 0 saturated heterocycles. The van der Waals surface area contributed by atoms with Crippen LogP contribution in [-0.4, -0.2) is 21.5 Å². The summed E-state index contributed by atoms with van der Waals surface area (Å²) in [5.41, 5.74) is 0.361. The first kappa shape index (κ1) is 12.5. The fourth-order valence-electron chi connectivity index (χ4n) is 1.15. The maximum atomic E-state index is 11.3. The second-order valence-electron chi connectivity index (χ2n) is 4.52. The molecule has 0 radical (unpaired) electrons. The summed E-state index contributed by atoms with van der Waals surface area (Å²) in [6.07, 6.45) is 1.46. The van der Waals surface area contributed by atoms with Gasteiger partial charge in [0.05, 0.1) is 12.2 Å². The van der Waals surface area contributed by atoms with Gasteiger partial charge in [-0.05, 0) is 33.8 Å². The van der Waals surface area contributed by atoms with E-state index in [9.17, 15) is 4.79 Å². The molecule has 16 heavy (non-hydrogen) atoms. The molecule has 0 aliphatic rings. The van der Waals surface area contributed by atoms with E-state index in [0.29, 0.717) is 6.54 Å². The molecule has 5 heteroatoms. The van der Waals surface area contributed by atoms with Crippen molar-refractivity contribution in [2.75, 3.05) is 0 Å². The van der Waals surface area contributed by atoms with Crippen LogP contribution in [0.1, 0.15) is 33.4 Å². The van der Waals surface area contributed by atoms with Crippen LogP contribution >= 0.6 is 0 Å². The van der Waals surface area contributed by atoms with Crippen LogP contribution in [0.2, 0.25) is 0 Å². The number of ether oxygens (including phenoxy) is 1. The molecule has 1 aromatic heterocycles. The lowest BCUT2D eigenvalue weighted by atomic mass is 10.2. The topological polar surface area (TPSA) is 56.2 Å². The lowest BCUT2D eigenvalue weighted by molar-refractivity contribution is 0.0523. The van der Waals surface area contributed by atoms with Crippen LogP contribution in [0.3, 0.4) is 0 Å². The number of alkyl carbamates (subject to hydrolysis) is 1. The van der Waals surface area contributed by atoms with Gasteiger partial charge in [-0.1, -0.05) is 0 Å². The van der Waals surface area contributed by atoms with E-state index in [1.54, 1.807) is 0 Å². The van der Waals surface area contributed by atoms with Crippen molar-refractivity contribution in [2.45, 2.75) is 46.4 Å². The Labute approximate surface area is 95.8 Å². The minimum absolute atomic E-state index is 0.391. The van der Waals surface area contributed by atoms with Crippen LogP contribution in [0, 0.1) is 0 Å². The van der Waals surface area contributed by atoms with Crippen molar-refractivity contribution in [3.8, 4) is 0 Å². The molecule has 5 nitrogen and oxygen atoms in total. The molecule has 0 bridgehead atoms. The van der Waals surface area contributed by atoms with Crippen LogP contribution in [0.15, 0.2) is 12.3 Å². The number of hydrogen-bond acceptors (Lipinski definition) is 3. The Bertz CT molecular complexity index is 352. The van der Waals surface area contributed by atoms with Crippen molar-refractivity contribution in [1.29, 1.82) is 0 Å². The van der Waals surface area contributed by atoms with Gasteiger partial charge >= 0.3 is 6.09 Å². The molecule has 1 aromatic rings. The fraction of sp³-hybridized carbons (Fsp3) is 0.636. The van der Waals surface area contributed by atoms with Crippen molar-refractivity contribution in [1.82, 2.24) is 15.1 Å². The van der Waals surface area contributed by atoms with Gasteiger partial charge in [0, 0.05) is 12.7 Å². The first-order chi connectivity index (χ1) is 7.40. The molecule has 1 rings (SSSR count). The van der Waals surface area contributed by atoms with Gasteiger partial charge in [0.15, 0.2) is 0 Å². The molecule has 0 aromatic carbocycles. The van der Waals surface area contributed by atoms with Crippen molar-refractivity contribution in [3.05, 3.63) is 18.0 Å². The fourth-order valence-corrected chi connectivity index (χ4v) is 1.15. The number of nitrogens with one attached hydrogen (secondary N) is 1. The third kappa shape index (κ3) is 4.33. The van der Waals surface area contributed by atoms with Crippen LogP contribution < -0.4 is 5.32 Å². The van der Waals surface area contributed by atoms with Crippen molar-refractivity contribution >= 4 is 6.09 Å². The van der Waals surface area contributed by atoms with Crippen LogP contribution in [0.4, 0.5) is 4.79 Å². The summed E-state index contributed by atoms with van der Waals surface area (Å²) in [4.78, 5) is 11.3. The normalized spacial score (nSPS) is 11.2. The Hall–Kier alpha value is -1.52. The average Bonchev–Trinajstić information content (AvgIpc) is 2.59. The second kappa shape index (κ2) is 5.01. The molecule has 0 fully saturated rings. The SMILES string of the molecule is CCn1ccc(CNC(=O)OC(C)(C)C)n1. The number of amides is 1. The van der Waals surface area contributed by atoms with E-state index < -0.39 is 11.7 Å². The Morgan fingerprint density at radius 2 is 2.25 bits per heavy atom. The highest BCUT2D eigenvalue weighted by atomic mass is 16.6. The van der Waals surface area contributed by atoms with Gasteiger partial charge in [-0.2, -0.15) is 5.10 Å². The monoisotopic (exact) mass is 225 g/mol. The van der Waals surface area contributed by atoms with E-state index in [1.165, 1.54) is 0 Å². The Morgan fingerprint density at radius 1 is 1.56 bits per heavy atom. The van der Waals surface area contributed by atoms with E-state index in [4.69, 9.17) is 4.74 Å². The molecule has 0 spiro atoms. The number of aromatic nitrogens is 2. The molecule has 1 amide bonds. The third-order valence-corrected chi connectivity index (χ3v) is 1.83. The molecule has 0 atom stereocenters. The standard InChI is InChI=1S/C11H19N3O2/c1-5-14-7-6-9(13-14)8-12-10(15)16-11(2,3)4/h6-7H,5,8H2,1-4H3,(H,12,15). The lowest BCUT2D eigenvalue weighted by Gasteiger charge is -2.19. The lowest BCUT2D eigenvalue weighted by Crippen LogP contribution is -2.32. The predicted molar refractivity (Wildman–Crippen MR) is 61.0 cm³/mol. The van der Waals surface area contributed by atoms with E-state index >= 15 is 0 Å². The average molecular weight is 225 g/mol. The molecule has 0 aliphatic carbocycles. The highest BCUT2D eigenvalue weighted by Gasteiger charge is 2.15. The zero-order valence-electron chi connectivity index (χ0n) is 10.3. The van der Waals surface area contributed by atoms with Crippen molar-refractivity contribution in [2.24, 2.45) is 0 Å². The zero-order chi connectivity index (χ0) is 12.2. The third-order valence-electron chi connectivity index (χ3n) is 1.83. The van der Waals surface area contributed by atoms with Gasteiger partial charge < -0.3 is 10.1 Å². The molecular formula is C11H19N3O2. The highest BCUT2D eigenvalue weighted by Crippen LogP contribution is 2.06. The summed E-state index contributed by atoms with van der Waals surface area (Å²) in [5.74, 6) is 0. The second-order valence-corrected chi connectivity index (χ2v) is 4.52. The minimum Gasteiger partial charge on any atom is -0.444 e. The number of carbonyl (C=O) groups excluding carboxylic acids is 1. The first-order valence-corrected chi connectivity index (χ1v) is 5.40. The van der Waals surface area contributed by atoms with E-state index in [-0.39, 0.29) is 0 Å². The van der Waals surface area contributed by atoms with Crippen LogP contribution in [0.5, 0.6) is 0 Å². The van der Waals surface area contributed by atoms with E-state index in [1.807, 2.05) is 44.6 Å². The summed E-state index contributed by atoms with van der Waals surface area (Å²) < 4.78 is 6.92. The maximum Gasteiger partial charge on any atom is 0.407 e. The summed E-state index contributed by atoms with van der Waals surface area (Å²) in [5, 5.41) is 6.90. The Balaban J connectivity index is 2.37. The molecule has 90 valence electrons. The largest absolute Gasteiger partial charge is 0.444 e. The maximum absolute atomic E-state index is 11.3. The van der Waals surface area contributed by atoms with Crippen LogP contribution in [-0.2, 0) is 17.8 Å². The van der Waals surface area contributed by atoms with Gasteiger partial charge in [-0.3, -0.25) is 4.68 Å². The Kier molecular flexibility index (Phi) is 3.93. The Morgan fingerprint density at radius 3 is 2.75 bits per heavy atom. The number of rotatable bonds is 3. The van der Waals surface area contributed by atoms with Gasteiger partial charge in [0.2, 0.25) is 0 Å².